The maximum absolute atomic E-state index is 12.8. The summed E-state index contributed by atoms with van der Waals surface area (Å²) in [6.07, 6.45) is 3.84. The van der Waals surface area contributed by atoms with Crippen LogP contribution in [-0.4, -0.2) is 54.3 Å². The summed E-state index contributed by atoms with van der Waals surface area (Å²) in [7, 11) is 0. The van der Waals surface area contributed by atoms with Crippen LogP contribution in [0.15, 0.2) is 36.5 Å². The predicted molar refractivity (Wildman–Crippen MR) is 95.5 cm³/mol. The van der Waals surface area contributed by atoms with E-state index in [0.717, 1.165) is 49.1 Å². The average molecular weight is 340 g/mol. The molecule has 0 aliphatic carbocycles. The molecule has 2 aromatic rings. The zero-order valence-corrected chi connectivity index (χ0v) is 14.6. The van der Waals surface area contributed by atoms with E-state index in [-0.39, 0.29) is 11.5 Å². The SMILES string of the molecule is CCOCCC1CCOC12CN(C(=O)c1ccc3ncccc3c1)C2. The Morgan fingerprint density at radius 2 is 2.28 bits per heavy atom. The molecule has 1 amide bonds. The van der Waals surface area contributed by atoms with Gasteiger partial charge in [-0.05, 0) is 49.9 Å². The van der Waals surface area contributed by atoms with Crippen molar-refractivity contribution in [2.24, 2.45) is 5.92 Å². The van der Waals surface area contributed by atoms with Crippen molar-refractivity contribution in [3.63, 3.8) is 0 Å². The van der Waals surface area contributed by atoms with Crippen molar-refractivity contribution in [1.82, 2.24) is 9.88 Å². The molecule has 25 heavy (non-hydrogen) atoms. The van der Waals surface area contributed by atoms with Crippen LogP contribution in [0.1, 0.15) is 30.1 Å². The largest absolute Gasteiger partial charge is 0.382 e. The first-order valence-corrected chi connectivity index (χ1v) is 9.07. The van der Waals surface area contributed by atoms with E-state index in [9.17, 15) is 4.79 Å². The zero-order valence-electron chi connectivity index (χ0n) is 14.6. The number of ether oxygens (including phenoxy) is 2. The fourth-order valence-electron chi connectivity index (χ4n) is 4.05. The van der Waals surface area contributed by atoms with Crippen LogP contribution in [0.4, 0.5) is 0 Å². The Morgan fingerprint density at radius 1 is 1.40 bits per heavy atom. The van der Waals surface area contributed by atoms with Crippen LogP contribution in [0.3, 0.4) is 0 Å². The molecular formula is C20H24N2O3. The number of hydrogen-bond donors (Lipinski definition) is 0. The number of amides is 1. The summed E-state index contributed by atoms with van der Waals surface area (Å²) < 4.78 is 11.5. The summed E-state index contributed by atoms with van der Waals surface area (Å²) in [5.41, 5.74) is 1.49. The van der Waals surface area contributed by atoms with Gasteiger partial charge >= 0.3 is 0 Å². The first kappa shape index (κ1) is 16.5. The van der Waals surface area contributed by atoms with Gasteiger partial charge < -0.3 is 14.4 Å². The number of carbonyl (C=O) groups excluding carboxylic acids is 1. The molecule has 1 aromatic heterocycles. The summed E-state index contributed by atoms with van der Waals surface area (Å²) in [4.78, 5) is 19.0. The first-order chi connectivity index (χ1) is 12.2. The number of fused-ring (bicyclic) bond motifs is 1. The minimum Gasteiger partial charge on any atom is -0.382 e. The van der Waals surface area contributed by atoms with E-state index in [0.29, 0.717) is 19.0 Å². The molecule has 2 aliphatic heterocycles. The lowest BCUT2D eigenvalue weighted by Crippen LogP contribution is -2.66. The van der Waals surface area contributed by atoms with Gasteiger partial charge in [0.1, 0.15) is 5.60 Å². The molecule has 2 aliphatic rings. The average Bonchev–Trinajstić information content (AvgIpc) is 3.03. The lowest BCUT2D eigenvalue weighted by molar-refractivity contribution is -0.120. The van der Waals surface area contributed by atoms with Gasteiger partial charge in [-0.1, -0.05) is 6.07 Å². The quantitative estimate of drug-likeness (QED) is 0.786. The van der Waals surface area contributed by atoms with Crippen molar-refractivity contribution in [2.45, 2.75) is 25.4 Å². The van der Waals surface area contributed by atoms with E-state index < -0.39 is 0 Å². The van der Waals surface area contributed by atoms with E-state index in [1.807, 2.05) is 42.2 Å². The number of nitrogens with zero attached hydrogens (tertiary/aromatic N) is 2. The molecule has 132 valence electrons. The van der Waals surface area contributed by atoms with Crippen molar-refractivity contribution in [3.8, 4) is 0 Å². The molecule has 5 heteroatoms. The second kappa shape index (κ2) is 6.73. The Bertz CT molecular complexity index is 770. The molecular weight excluding hydrogens is 316 g/mol. The number of likely N-dealkylation sites (tertiary alicyclic amines) is 1. The minimum atomic E-state index is -0.148. The predicted octanol–water partition coefficient (Wildman–Crippen LogP) is 2.89. The molecule has 2 fully saturated rings. The standard InChI is InChI=1S/C20H24N2O3/c1-2-24-10-7-17-8-11-25-20(17)13-22(14-20)19(23)16-5-6-18-15(12-16)4-3-9-21-18/h3-6,9,12,17H,2,7-8,10-11,13-14H2,1H3. The third-order valence-electron chi connectivity index (χ3n) is 5.47. The van der Waals surface area contributed by atoms with E-state index in [2.05, 4.69) is 4.98 Å². The summed E-state index contributed by atoms with van der Waals surface area (Å²) in [5, 5.41) is 0.996. The zero-order chi connectivity index (χ0) is 17.3. The normalized spacial score (nSPS) is 21.6. The Hall–Kier alpha value is -1.98. The second-order valence-corrected chi connectivity index (χ2v) is 6.96. The highest BCUT2D eigenvalue weighted by Gasteiger charge is 2.54. The van der Waals surface area contributed by atoms with Gasteiger partial charge in [-0.2, -0.15) is 0 Å². The van der Waals surface area contributed by atoms with Gasteiger partial charge in [-0.15, -0.1) is 0 Å². The van der Waals surface area contributed by atoms with Crippen LogP contribution in [0.5, 0.6) is 0 Å². The molecule has 0 saturated carbocycles. The van der Waals surface area contributed by atoms with E-state index >= 15 is 0 Å². The minimum absolute atomic E-state index is 0.0791. The summed E-state index contributed by atoms with van der Waals surface area (Å²) in [6, 6.07) is 9.59. The molecule has 4 rings (SSSR count). The molecule has 1 atom stereocenters. The maximum atomic E-state index is 12.8. The van der Waals surface area contributed by atoms with Gasteiger partial charge in [0.25, 0.3) is 5.91 Å². The smallest absolute Gasteiger partial charge is 0.254 e. The van der Waals surface area contributed by atoms with Crippen molar-refractivity contribution in [2.75, 3.05) is 32.9 Å². The Balaban J connectivity index is 1.42. The van der Waals surface area contributed by atoms with Gasteiger partial charge in [0.15, 0.2) is 0 Å². The van der Waals surface area contributed by atoms with Crippen LogP contribution >= 0.6 is 0 Å². The fraction of sp³-hybridized carbons (Fsp3) is 0.500. The van der Waals surface area contributed by atoms with E-state index in [4.69, 9.17) is 9.47 Å². The molecule has 2 saturated heterocycles. The summed E-state index contributed by atoms with van der Waals surface area (Å²) in [6.45, 7) is 5.71. The highest BCUT2D eigenvalue weighted by molar-refractivity contribution is 5.98. The van der Waals surface area contributed by atoms with Crippen LogP contribution in [0.25, 0.3) is 10.9 Å². The molecule has 1 unspecified atom stereocenters. The third kappa shape index (κ3) is 3.02. The number of hydrogen-bond acceptors (Lipinski definition) is 4. The summed E-state index contributed by atoms with van der Waals surface area (Å²) in [5.74, 6) is 0.569. The molecule has 0 radical (unpaired) electrons. The van der Waals surface area contributed by atoms with Crippen LogP contribution in [0.2, 0.25) is 0 Å². The number of carbonyl (C=O) groups is 1. The van der Waals surface area contributed by atoms with Gasteiger partial charge in [0.2, 0.25) is 0 Å². The highest BCUT2D eigenvalue weighted by atomic mass is 16.5. The van der Waals surface area contributed by atoms with Crippen LogP contribution in [0, 0.1) is 5.92 Å². The first-order valence-electron chi connectivity index (χ1n) is 9.07. The highest BCUT2D eigenvalue weighted by Crippen LogP contribution is 2.42. The molecule has 3 heterocycles. The molecule has 5 nitrogen and oxygen atoms in total. The van der Waals surface area contributed by atoms with Crippen molar-refractivity contribution < 1.29 is 14.3 Å². The lowest BCUT2D eigenvalue weighted by Gasteiger charge is -2.50. The second-order valence-electron chi connectivity index (χ2n) is 6.96. The lowest BCUT2D eigenvalue weighted by atomic mass is 9.79. The molecule has 0 N–H and O–H groups in total. The summed E-state index contributed by atoms with van der Waals surface area (Å²) >= 11 is 0. The fourth-order valence-corrected chi connectivity index (χ4v) is 4.05. The Kier molecular flexibility index (Phi) is 4.44. The van der Waals surface area contributed by atoms with Crippen LogP contribution < -0.4 is 0 Å². The Labute approximate surface area is 147 Å². The van der Waals surface area contributed by atoms with Gasteiger partial charge in [-0.25, -0.2) is 0 Å². The number of benzene rings is 1. The number of pyridine rings is 1. The topological polar surface area (TPSA) is 51.7 Å². The molecule has 1 spiro atoms. The monoisotopic (exact) mass is 340 g/mol. The van der Waals surface area contributed by atoms with Gasteiger partial charge in [-0.3, -0.25) is 9.78 Å². The van der Waals surface area contributed by atoms with Crippen molar-refractivity contribution in [1.29, 1.82) is 0 Å². The molecule has 1 aromatic carbocycles. The maximum Gasteiger partial charge on any atom is 0.254 e. The number of aromatic nitrogens is 1. The van der Waals surface area contributed by atoms with Crippen molar-refractivity contribution in [3.05, 3.63) is 42.1 Å². The van der Waals surface area contributed by atoms with Gasteiger partial charge in [0, 0.05) is 37.0 Å². The molecule has 0 bridgehead atoms. The van der Waals surface area contributed by atoms with E-state index in [1.165, 1.54) is 0 Å². The van der Waals surface area contributed by atoms with E-state index in [1.54, 1.807) is 6.20 Å². The number of rotatable bonds is 5. The third-order valence-corrected chi connectivity index (χ3v) is 5.47. The van der Waals surface area contributed by atoms with Gasteiger partial charge in [0.05, 0.1) is 18.6 Å². The van der Waals surface area contributed by atoms with Crippen LogP contribution in [-0.2, 0) is 9.47 Å². The van der Waals surface area contributed by atoms with Crippen molar-refractivity contribution >= 4 is 16.8 Å². The Morgan fingerprint density at radius 3 is 3.12 bits per heavy atom.